The minimum Gasteiger partial charge on any atom is -0.590 e. The molecule has 0 saturated heterocycles. The lowest BCUT2D eigenvalue weighted by Crippen LogP contribution is -2.32. The van der Waals surface area contributed by atoms with Gasteiger partial charge in [-0.2, -0.15) is 0 Å². The highest BCUT2D eigenvalue weighted by atomic mass is 35.5. The molecule has 156 valence electrons. The number of Topliss-reactive ketones (excluding diaryl/α,β-unsaturated/α-hetero) is 1. The highest BCUT2D eigenvalue weighted by Gasteiger charge is 2.47. The first-order valence-corrected chi connectivity index (χ1v) is 11.1. The predicted octanol–water partition coefficient (Wildman–Crippen LogP) is 2.94. The van der Waals surface area contributed by atoms with Gasteiger partial charge in [0.25, 0.3) is 5.78 Å². The predicted molar refractivity (Wildman–Crippen MR) is 116 cm³/mol. The van der Waals surface area contributed by atoms with Crippen molar-refractivity contribution in [2.75, 3.05) is 40.5 Å². The van der Waals surface area contributed by atoms with Gasteiger partial charge >= 0.3 is 0 Å². The number of nitrogens with zero attached hydrogens (tertiary/aromatic N) is 2. The van der Waals surface area contributed by atoms with E-state index >= 15 is 0 Å². The summed E-state index contributed by atoms with van der Waals surface area (Å²) in [6.07, 6.45) is 5.24. The summed E-state index contributed by atoms with van der Waals surface area (Å²) in [5, 5.41) is -0.181. The molecule has 0 spiro atoms. The van der Waals surface area contributed by atoms with Gasteiger partial charge in [-0.15, -0.1) is 0 Å². The van der Waals surface area contributed by atoms with Crippen molar-refractivity contribution >= 4 is 34.5 Å². The van der Waals surface area contributed by atoms with Crippen LogP contribution >= 0.6 is 11.6 Å². The second kappa shape index (κ2) is 10.4. The highest BCUT2D eigenvalue weighted by Crippen LogP contribution is 2.33. The Hall–Kier alpha value is -1.64. The zero-order chi connectivity index (χ0) is 20.8. The third kappa shape index (κ3) is 5.49. The lowest BCUT2D eigenvalue weighted by molar-refractivity contribution is -0.118. The number of ether oxygens (including phenoxy) is 2. The summed E-state index contributed by atoms with van der Waals surface area (Å²) in [4.78, 5) is 15.0. The van der Waals surface area contributed by atoms with Crippen LogP contribution in [0.4, 0.5) is 0 Å². The van der Waals surface area contributed by atoms with Crippen LogP contribution in [-0.2, 0) is 25.6 Å². The molecule has 0 N–H and O–H groups in total. The Bertz CT molecular complexity index is 822. The summed E-state index contributed by atoms with van der Waals surface area (Å²) in [5.74, 6) is -0.0156. The molecule has 2 aliphatic rings. The Morgan fingerprint density at radius 2 is 1.93 bits per heavy atom. The fourth-order valence-corrected chi connectivity index (χ4v) is 4.50. The van der Waals surface area contributed by atoms with E-state index in [1.54, 1.807) is 31.4 Å². The van der Waals surface area contributed by atoms with E-state index in [9.17, 15) is 9.35 Å². The molecule has 1 aromatic rings. The maximum Gasteiger partial charge on any atom is 0.256 e. The number of allylic oxidation sites excluding steroid dienone is 3. The van der Waals surface area contributed by atoms with Gasteiger partial charge in [0.1, 0.15) is 17.1 Å². The van der Waals surface area contributed by atoms with Gasteiger partial charge in [-0.3, -0.25) is 4.79 Å². The van der Waals surface area contributed by atoms with Crippen LogP contribution in [0.3, 0.4) is 0 Å². The smallest absolute Gasteiger partial charge is 0.256 e. The van der Waals surface area contributed by atoms with Crippen LogP contribution < -0.4 is 0 Å². The summed E-state index contributed by atoms with van der Waals surface area (Å²) in [6.45, 7) is 2.98. The first-order chi connectivity index (χ1) is 14.0. The lowest BCUT2D eigenvalue weighted by atomic mass is 9.94. The maximum absolute atomic E-state index is 12.8. The van der Waals surface area contributed by atoms with E-state index in [4.69, 9.17) is 21.1 Å². The molecule has 2 atom stereocenters. The van der Waals surface area contributed by atoms with Crippen LogP contribution in [0.1, 0.15) is 18.4 Å². The highest BCUT2D eigenvalue weighted by molar-refractivity contribution is 7.92. The number of unbranched alkanes of at least 4 members (excludes halogenated alkanes) is 1. The van der Waals surface area contributed by atoms with Crippen LogP contribution in [-0.4, -0.2) is 66.7 Å². The summed E-state index contributed by atoms with van der Waals surface area (Å²) in [7, 11) is 3.74. The Labute approximate surface area is 179 Å². The zero-order valence-electron chi connectivity index (χ0n) is 16.6. The molecule has 8 heteroatoms. The van der Waals surface area contributed by atoms with Crippen LogP contribution in [0.15, 0.2) is 52.1 Å². The van der Waals surface area contributed by atoms with E-state index in [2.05, 4.69) is 9.30 Å². The number of carbonyl (C=O) groups is 1. The fourth-order valence-electron chi connectivity index (χ4n) is 3.18. The molecule has 2 unspecified atom stereocenters. The second-order valence-corrected chi connectivity index (χ2v) is 8.61. The van der Waals surface area contributed by atoms with Crippen molar-refractivity contribution in [1.82, 2.24) is 4.90 Å². The molecule has 0 aromatic heterocycles. The average Bonchev–Trinajstić information content (AvgIpc) is 3.05. The van der Waals surface area contributed by atoms with Gasteiger partial charge in [0, 0.05) is 29.8 Å². The van der Waals surface area contributed by atoms with E-state index in [1.807, 2.05) is 19.2 Å². The van der Waals surface area contributed by atoms with Crippen LogP contribution in [0.5, 0.6) is 0 Å². The van der Waals surface area contributed by atoms with Crippen molar-refractivity contribution < 1.29 is 18.8 Å². The van der Waals surface area contributed by atoms with Gasteiger partial charge in [0.15, 0.2) is 5.76 Å². The number of carbonyl (C=O) groups excluding carboxylic acids is 1. The van der Waals surface area contributed by atoms with Gasteiger partial charge < -0.3 is 18.9 Å². The lowest BCUT2D eigenvalue weighted by Gasteiger charge is -2.18. The Balaban J connectivity index is 1.56. The molecule has 1 heterocycles. The molecular formula is C21H25ClN2O4S. The quantitative estimate of drug-likeness (QED) is 0.416. The zero-order valence-corrected chi connectivity index (χ0v) is 18.2. The first kappa shape index (κ1) is 22.1. The van der Waals surface area contributed by atoms with Crippen LogP contribution in [0.2, 0.25) is 5.02 Å². The number of hydrogen-bond acceptors (Lipinski definition) is 6. The molecule has 29 heavy (non-hydrogen) atoms. The van der Waals surface area contributed by atoms with E-state index < -0.39 is 16.6 Å². The molecule has 1 aliphatic carbocycles. The number of likely N-dealkylation sites (N-methyl/N-ethyl adjacent to an activating group) is 1. The number of methoxy groups -OCH3 is 1. The van der Waals surface area contributed by atoms with Crippen molar-refractivity contribution in [3.8, 4) is 0 Å². The summed E-state index contributed by atoms with van der Waals surface area (Å²) in [6, 6.07) is 7.12. The molecule has 1 aromatic carbocycles. The van der Waals surface area contributed by atoms with Crippen LogP contribution in [0.25, 0.3) is 0 Å². The Morgan fingerprint density at radius 1 is 1.17 bits per heavy atom. The van der Waals surface area contributed by atoms with Crippen molar-refractivity contribution in [2.45, 2.75) is 18.1 Å². The largest absolute Gasteiger partial charge is 0.590 e. The number of halogens is 1. The van der Waals surface area contributed by atoms with Gasteiger partial charge in [-0.1, -0.05) is 28.1 Å². The normalized spacial score (nSPS) is 21.0. The molecule has 3 rings (SSSR count). The molecule has 0 fully saturated rings. The second-order valence-electron chi connectivity index (χ2n) is 6.97. The van der Waals surface area contributed by atoms with Crippen molar-refractivity contribution in [2.24, 2.45) is 4.40 Å². The summed E-state index contributed by atoms with van der Waals surface area (Å²) >= 11 is 4.29. The molecule has 0 bridgehead atoms. The third-order valence-corrected chi connectivity index (χ3v) is 6.31. The number of ketones is 1. The molecule has 0 amide bonds. The van der Waals surface area contributed by atoms with Gasteiger partial charge in [0.05, 0.1) is 13.2 Å². The maximum atomic E-state index is 12.8. The molecule has 0 radical (unpaired) electrons. The van der Waals surface area contributed by atoms with Gasteiger partial charge in [-0.05, 0) is 50.7 Å². The third-order valence-electron chi connectivity index (χ3n) is 4.82. The minimum atomic E-state index is -1.65. The van der Waals surface area contributed by atoms with Crippen molar-refractivity contribution in [1.29, 1.82) is 0 Å². The molecular weight excluding hydrogens is 412 g/mol. The Kier molecular flexibility index (Phi) is 7.91. The van der Waals surface area contributed by atoms with Crippen molar-refractivity contribution in [3.63, 3.8) is 0 Å². The van der Waals surface area contributed by atoms with E-state index in [-0.39, 0.29) is 11.5 Å². The topological polar surface area (TPSA) is 74.2 Å². The number of benzene rings is 1. The number of hydrogen-bond donors (Lipinski definition) is 0. The first-order valence-electron chi connectivity index (χ1n) is 9.53. The van der Waals surface area contributed by atoms with Crippen LogP contribution in [0, 0.1) is 0 Å². The molecule has 1 aliphatic heterocycles. The van der Waals surface area contributed by atoms with Crippen molar-refractivity contribution in [3.05, 3.63) is 58.3 Å². The molecule has 6 nitrogen and oxygen atoms in total. The number of fused-ring (bicyclic) bond motifs is 1. The Morgan fingerprint density at radius 3 is 2.66 bits per heavy atom. The molecule has 0 saturated carbocycles. The van der Waals surface area contributed by atoms with Gasteiger partial charge in [0.2, 0.25) is 5.25 Å². The minimum absolute atomic E-state index is 0.257. The average molecular weight is 437 g/mol. The fraction of sp³-hybridized carbons (Fsp3) is 0.429. The summed E-state index contributed by atoms with van der Waals surface area (Å²) in [5.41, 5.74) is 2.04. The van der Waals surface area contributed by atoms with E-state index in [0.717, 1.165) is 31.5 Å². The standard InChI is InChI=1S/C21H25ClN2O4S/c1-24(12-14-27-2)11-3-4-13-28-18-10-9-17-19(15-5-7-16(22)8-6-15)23-29(26)21(17)20(18)25/h5-10,21H,3-4,11-14H2,1-2H3. The van der Waals surface area contributed by atoms with E-state index in [0.29, 0.717) is 29.5 Å². The van der Waals surface area contributed by atoms with E-state index in [1.165, 1.54) is 0 Å². The van der Waals surface area contributed by atoms with Gasteiger partial charge in [-0.25, -0.2) is 0 Å². The SMILES string of the molecule is COCCN(C)CCCCOC1=CC=C2C(c3ccc(Cl)cc3)=N[S+]([O-])C2C1=O. The summed E-state index contributed by atoms with van der Waals surface area (Å²) < 4.78 is 27.5. The number of rotatable bonds is 10. The monoisotopic (exact) mass is 436 g/mol.